The smallest absolute Gasteiger partial charge is 0.239 e. The van der Waals surface area contributed by atoms with Gasteiger partial charge in [0.2, 0.25) is 11.8 Å². The van der Waals surface area contributed by atoms with E-state index >= 15 is 0 Å². The van der Waals surface area contributed by atoms with Crippen LogP contribution in [0.4, 0.5) is 0 Å². The first-order valence-electron chi connectivity index (χ1n) is 2.77. The van der Waals surface area contributed by atoms with Crippen LogP contribution in [0.15, 0.2) is 0 Å². The second-order valence-electron chi connectivity index (χ2n) is 1.85. The number of hydrogen-bond acceptors (Lipinski definition) is 3. The van der Waals surface area contributed by atoms with Gasteiger partial charge in [-0.25, -0.2) is 0 Å². The molecule has 2 amide bonds. The number of carbonyl (C=O) groups is 2. The molecule has 10 heavy (non-hydrogen) atoms. The average Bonchev–Trinajstić information content (AvgIpc) is 1.87. The number of thiol groups is 1. The van der Waals surface area contributed by atoms with Gasteiger partial charge in [0.05, 0.1) is 5.75 Å². The fourth-order valence-corrected chi connectivity index (χ4v) is 0.450. The summed E-state index contributed by atoms with van der Waals surface area (Å²) in [4.78, 5) is 20.9. The molecule has 0 rings (SSSR count). The predicted molar refractivity (Wildman–Crippen MR) is 40.7 cm³/mol. The van der Waals surface area contributed by atoms with Crippen LogP contribution in [0, 0.1) is 0 Å². The van der Waals surface area contributed by atoms with E-state index in [0.29, 0.717) is 0 Å². The number of rotatable bonds is 3. The second-order valence-corrected chi connectivity index (χ2v) is 2.17. The van der Waals surface area contributed by atoms with Crippen LogP contribution in [0.1, 0.15) is 6.92 Å². The Bertz CT molecular complexity index is 149. The highest BCUT2D eigenvalue weighted by molar-refractivity contribution is 7.81. The summed E-state index contributed by atoms with van der Waals surface area (Å²) in [6.07, 6.45) is 0. The second kappa shape index (κ2) is 4.16. The van der Waals surface area contributed by atoms with Gasteiger partial charge in [0, 0.05) is 0 Å². The first-order valence-corrected chi connectivity index (χ1v) is 3.40. The molecule has 1 unspecified atom stereocenters. The maximum Gasteiger partial charge on any atom is 0.239 e. The molecule has 0 aliphatic rings. The highest BCUT2D eigenvalue weighted by Crippen LogP contribution is 1.80. The largest absolute Gasteiger partial charge is 0.368 e. The lowest BCUT2D eigenvalue weighted by molar-refractivity contribution is -0.125. The summed E-state index contributed by atoms with van der Waals surface area (Å²) in [6.45, 7) is 1.52. The van der Waals surface area contributed by atoms with Gasteiger partial charge in [-0.05, 0) is 6.92 Å². The van der Waals surface area contributed by atoms with Crippen LogP contribution >= 0.6 is 12.6 Å². The van der Waals surface area contributed by atoms with Crippen LogP contribution in [0.25, 0.3) is 0 Å². The molecule has 0 aromatic carbocycles. The van der Waals surface area contributed by atoms with Crippen molar-refractivity contribution >= 4 is 24.4 Å². The first-order chi connectivity index (χ1) is 4.57. The number of nitrogens with one attached hydrogen (secondary N) is 1. The van der Waals surface area contributed by atoms with Crippen molar-refractivity contribution in [1.82, 2.24) is 5.32 Å². The fraction of sp³-hybridized carbons (Fsp3) is 0.600. The van der Waals surface area contributed by atoms with Crippen molar-refractivity contribution in [2.45, 2.75) is 13.0 Å². The Morgan fingerprint density at radius 1 is 1.70 bits per heavy atom. The molecule has 0 aliphatic carbocycles. The minimum Gasteiger partial charge on any atom is -0.368 e. The summed E-state index contributed by atoms with van der Waals surface area (Å²) in [5.41, 5.74) is 4.86. The zero-order chi connectivity index (χ0) is 8.15. The molecule has 0 aromatic heterocycles. The van der Waals surface area contributed by atoms with Crippen LogP contribution in [-0.2, 0) is 9.59 Å². The topological polar surface area (TPSA) is 72.2 Å². The van der Waals surface area contributed by atoms with Gasteiger partial charge in [-0.1, -0.05) is 0 Å². The number of nitrogens with two attached hydrogens (primary N) is 1. The number of primary amides is 1. The van der Waals surface area contributed by atoms with Gasteiger partial charge in [0.25, 0.3) is 0 Å². The normalized spacial score (nSPS) is 12.2. The zero-order valence-electron chi connectivity index (χ0n) is 5.63. The van der Waals surface area contributed by atoms with Crippen LogP contribution in [-0.4, -0.2) is 23.6 Å². The van der Waals surface area contributed by atoms with Crippen molar-refractivity contribution in [3.63, 3.8) is 0 Å². The lowest BCUT2D eigenvalue weighted by Crippen LogP contribution is -2.42. The van der Waals surface area contributed by atoms with Gasteiger partial charge in [-0.2, -0.15) is 12.6 Å². The Morgan fingerprint density at radius 3 is 2.50 bits per heavy atom. The molecular weight excluding hydrogens is 152 g/mol. The molecule has 0 fully saturated rings. The Kier molecular flexibility index (Phi) is 3.87. The molecule has 4 nitrogen and oxygen atoms in total. The highest BCUT2D eigenvalue weighted by Gasteiger charge is 2.09. The van der Waals surface area contributed by atoms with Gasteiger partial charge >= 0.3 is 0 Å². The van der Waals surface area contributed by atoms with Crippen molar-refractivity contribution in [1.29, 1.82) is 0 Å². The van der Waals surface area contributed by atoms with Crippen molar-refractivity contribution in [2.75, 3.05) is 5.75 Å². The highest BCUT2D eigenvalue weighted by atomic mass is 32.1. The molecule has 0 bridgehead atoms. The van der Waals surface area contributed by atoms with Crippen LogP contribution in [0.3, 0.4) is 0 Å². The number of amides is 2. The fourth-order valence-electron chi connectivity index (χ4n) is 0.358. The summed E-state index contributed by atoms with van der Waals surface area (Å²) in [5.74, 6) is -0.776. The van der Waals surface area contributed by atoms with Crippen LogP contribution in [0.5, 0.6) is 0 Å². The third-order valence-corrected chi connectivity index (χ3v) is 1.24. The lowest BCUT2D eigenvalue weighted by Gasteiger charge is -2.07. The molecule has 5 heteroatoms. The van der Waals surface area contributed by atoms with Gasteiger partial charge in [-0.15, -0.1) is 0 Å². The van der Waals surface area contributed by atoms with Crippen molar-refractivity contribution < 1.29 is 9.59 Å². The SMILES string of the molecule is CC(NC(=O)CS)C(N)=O. The van der Waals surface area contributed by atoms with Crippen LogP contribution < -0.4 is 11.1 Å². The maximum atomic E-state index is 10.5. The van der Waals surface area contributed by atoms with Gasteiger partial charge in [0.15, 0.2) is 0 Å². The molecule has 0 saturated carbocycles. The summed E-state index contributed by atoms with van der Waals surface area (Å²) < 4.78 is 0. The Hall–Kier alpha value is -0.710. The van der Waals surface area contributed by atoms with Crippen molar-refractivity contribution in [3.05, 3.63) is 0 Å². The van der Waals surface area contributed by atoms with E-state index in [-0.39, 0.29) is 11.7 Å². The number of hydrogen-bond donors (Lipinski definition) is 3. The zero-order valence-corrected chi connectivity index (χ0v) is 6.52. The maximum absolute atomic E-state index is 10.5. The number of carbonyl (C=O) groups excluding carboxylic acids is 2. The van der Waals surface area contributed by atoms with E-state index in [0.717, 1.165) is 0 Å². The van der Waals surface area contributed by atoms with Crippen LogP contribution in [0.2, 0.25) is 0 Å². The van der Waals surface area contributed by atoms with E-state index in [1.54, 1.807) is 0 Å². The Balaban J connectivity index is 3.68. The Labute approximate surface area is 64.6 Å². The molecule has 58 valence electrons. The molecule has 0 aromatic rings. The van der Waals surface area contributed by atoms with Crippen molar-refractivity contribution in [3.8, 4) is 0 Å². The van der Waals surface area contributed by atoms with E-state index in [1.165, 1.54) is 6.92 Å². The minimum atomic E-state index is -0.611. The summed E-state index contributed by atoms with van der Waals surface area (Å²) in [7, 11) is 0. The molecule has 3 N–H and O–H groups in total. The summed E-state index contributed by atoms with van der Waals surface area (Å²) >= 11 is 3.69. The quantitative estimate of drug-likeness (QED) is 0.461. The van der Waals surface area contributed by atoms with E-state index in [9.17, 15) is 9.59 Å². The van der Waals surface area contributed by atoms with Gasteiger partial charge in [0.1, 0.15) is 6.04 Å². The molecule has 1 atom stereocenters. The van der Waals surface area contributed by atoms with E-state index in [1.807, 2.05) is 0 Å². The third-order valence-electron chi connectivity index (χ3n) is 0.948. The van der Waals surface area contributed by atoms with E-state index < -0.39 is 11.9 Å². The van der Waals surface area contributed by atoms with Gasteiger partial charge in [-0.3, -0.25) is 9.59 Å². The summed E-state index contributed by atoms with van der Waals surface area (Å²) in [5, 5.41) is 2.34. The molecule has 0 heterocycles. The molecule has 0 spiro atoms. The van der Waals surface area contributed by atoms with E-state index in [4.69, 9.17) is 5.73 Å². The molecule has 0 radical (unpaired) electrons. The summed E-state index contributed by atoms with van der Waals surface area (Å²) in [6, 6.07) is -0.611. The Morgan fingerprint density at radius 2 is 2.20 bits per heavy atom. The lowest BCUT2D eigenvalue weighted by atomic mass is 10.3. The predicted octanol–water partition coefficient (Wildman–Crippen LogP) is -1.09. The minimum absolute atomic E-state index is 0.0671. The molecule has 0 saturated heterocycles. The average molecular weight is 162 g/mol. The monoisotopic (exact) mass is 162 g/mol. The van der Waals surface area contributed by atoms with Gasteiger partial charge < -0.3 is 11.1 Å². The van der Waals surface area contributed by atoms with Crippen molar-refractivity contribution in [2.24, 2.45) is 5.73 Å². The standard InChI is InChI=1S/C5H10N2O2S/c1-3(5(6)9)7-4(8)2-10/h3,10H,2H2,1H3,(H2,6,9)(H,7,8). The van der Waals surface area contributed by atoms with E-state index in [2.05, 4.69) is 17.9 Å². The third kappa shape index (κ3) is 3.34. The molecule has 0 aliphatic heterocycles. The molecular formula is C5H10N2O2S. The first kappa shape index (κ1) is 9.29.